The van der Waals surface area contributed by atoms with E-state index in [9.17, 15) is 4.79 Å². The maximum Gasteiger partial charge on any atom is 0.338 e. The molecule has 4 nitrogen and oxygen atoms in total. The van der Waals surface area contributed by atoms with Crippen molar-refractivity contribution in [1.29, 1.82) is 0 Å². The van der Waals surface area contributed by atoms with Crippen molar-refractivity contribution in [2.45, 2.75) is 19.9 Å². The van der Waals surface area contributed by atoms with Crippen molar-refractivity contribution >= 4 is 28.6 Å². The van der Waals surface area contributed by atoms with E-state index in [0.29, 0.717) is 17.9 Å². The van der Waals surface area contributed by atoms with E-state index in [1.807, 2.05) is 62.4 Å². The molecule has 0 saturated carbocycles. The summed E-state index contributed by atoms with van der Waals surface area (Å²) in [4.78, 5) is 19.7. The molecule has 0 aliphatic carbocycles. The number of fused-ring (bicyclic) bond motifs is 1. The van der Waals surface area contributed by atoms with E-state index >= 15 is 0 Å². The Morgan fingerprint density at radius 2 is 1.75 bits per heavy atom. The van der Waals surface area contributed by atoms with Crippen LogP contribution >= 0.6 is 11.8 Å². The highest BCUT2D eigenvalue weighted by molar-refractivity contribution is 8.16. The second kappa shape index (κ2) is 8.80. The third kappa shape index (κ3) is 3.66. The number of carbonyl (C=O) groups excluding carboxylic acids is 1. The number of ether oxygens (including phenoxy) is 1. The molecule has 1 unspecified atom stereocenters. The van der Waals surface area contributed by atoms with Gasteiger partial charge in [0.25, 0.3) is 0 Å². The van der Waals surface area contributed by atoms with Crippen LogP contribution in [-0.2, 0) is 9.53 Å². The first-order valence-corrected chi connectivity index (χ1v) is 9.81. The minimum atomic E-state index is -0.309. The van der Waals surface area contributed by atoms with Crippen LogP contribution in [0.15, 0.2) is 82.3 Å². The zero-order valence-electron chi connectivity index (χ0n) is 15.6. The number of nitrogens with zero attached hydrogens (tertiary/aromatic N) is 2. The zero-order valence-corrected chi connectivity index (χ0v) is 18.0. The van der Waals surface area contributed by atoms with Crippen molar-refractivity contribution in [2.75, 3.05) is 6.61 Å². The minimum absolute atomic E-state index is 0. The lowest BCUT2D eigenvalue weighted by Gasteiger charge is -2.36. The van der Waals surface area contributed by atoms with E-state index < -0.39 is 0 Å². The van der Waals surface area contributed by atoms with Crippen LogP contribution in [-0.4, -0.2) is 22.6 Å². The van der Waals surface area contributed by atoms with Gasteiger partial charge in [-0.2, -0.15) is 0 Å². The molecule has 1 atom stereocenters. The normalized spacial score (nSPS) is 18.1. The molecule has 2 aliphatic heterocycles. The summed E-state index contributed by atoms with van der Waals surface area (Å²) in [6, 6.07) is 20.0. The first-order valence-electron chi connectivity index (χ1n) is 8.93. The van der Waals surface area contributed by atoms with Gasteiger partial charge in [0.2, 0.25) is 0 Å². The number of allylic oxidation sites excluding steroid dienone is 1. The molecule has 0 amide bonds. The summed E-state index contributed by atoms with van der Waals surface area (Å²) in [5, 5.41) is 2.99. The second-order valence-electron chi connectivity index (χ2n) is 6.28. The van der Waals surface area contributed by atoms with E-state index in [1.165, 1.54) is 0 Å². The SMILES string of the molecule is CCOC(=O)C1=C(C)N=C2SC=C(c3ccccc3)N2C1c1ccccc1.[Br-]. The molecule has 2 aliphatic rings. The van der Waals surface area contributed by atoms with Gasteiger partial charge >= 0.3 is 5.97 Å². The fourth-order valence-corrected chi connectivity index (χ4v) is 4.39. The van der Waals surface area contributed by atoms with Crippen LogP contribution in [0.25, 0.3) is 5.70 Å². The Morgan fingerprint density at radius 3 is 2.39 bits per heavy atom. The molecular weight excluding hydrogens is 436 g/mol. The number of hydrogen-bond donors (Lipinski definition) is 0. The van der Waals surface area contributed by atoms with E-state index in [-0.39, 0.29) is 29.0 Å². The van der Waals surface area contributed by atoms with Gasteiger partial charge in [0, 0.05) is 5.41 Å². The minimum Gasteiger partial charge on any atom is -1.00 e. The summed E-state index contributed by atoms with van der Waals surface area (Å²) >= 11 is 1.59. The molecule has 0 N–H and O–H groups in total. The average molecular weight is 456 g/mol. The van der Waals surface area contributed by atoms with Gasteiger partial charge in [-0.05, 0) is 25.0 Å². The van der Waals surface area contributed by atoms with Gasteiger partial charge in [-0.1, -0.05) is 72.4 Å². The van der Waals surface area contributed by atoms with E-state index in [0.717, 1.165) is 22.0 Å². The van der Waals surface area contributed by atoms with Crippen LogP contribution in [0, 0.1) is 0 Å². The highest BCUT2D eigenvalue weighted by Gasteiger charge is 2.40. The molecule has 4 rings (SSSR count). The Kier molecular flexibility index (Phi) is 6.42. The Bertz CT molecular complexity index is 955. The number of aliphatic imine (C=N–C) groups is 1. The molecule has 2 heterocycles. The Hall–Kier alpha value is -2.31. The molecule has 2 aromatic rings. The molecule has 28 heavy (non-hydrogen) atoms. The van der Waals surface area contributed by atoms with Crippen LogP contribution in [0.5, 0.6) is 0 Å². The van der Waals surface area contributed by atoms with Gasteiger partial charge in [0.15, 0.2) is 5.17 Å². The summed E-state index contributed by atoms with van der Waals surface area (Å²) in [6.07, 6.45) is 0. The fourth-order valence-electron chi connectivity index (χ4n) is 3.42. The number of amidine groups is 1. The summed E-state index contributed by atoms with van der Waals surface area (Å²) < 4.78 is 5.37. The Morgan fingerprint density at radius 1 is 1.11 bits per heavy atom. The van der Waals surface area contributed by atoms with Crippen LogP contribution in [0.2, 0.25) is 0 Å². The molecule has 6 heteroatoms. The van der Waals surface area contributed by atoms with Crippen LogP contribution in [0.1, 0.15) is 31.0 Å². The number of hydrogen-bond acceptors (Lipinski definition) is 5. The Balaban J connectivity index is 0.00000225. The van der Waals surface area contributed by atoms with Crippen molar-refractivity contribution in [3.05, 3.63) is 88.5 Å². The van der Waals surface area contributed by atoms with Crippen molar-refractivity contribution < 1.29 is 26.5 Å². The maximum absolute atomic E-state index is 12.8. The lowest BCUT2D eigenvalue weighted by atomic mass is 9.93. The van der Waals surface area contributed by atoms with Crippen LogP contribution in [0.3, 0.4) is 0 Å². The molecule has 0 radical (unpaired) electrons. The molecule has 144 valence electrons. The topological polar surface area (TPSA) is 41.9 Å². The van der Waals surface area contributed by atoms with Crippen LogP contribution < -0.4 is 17.0 Å². The van der Waals surface area contributed by atoms with Crippen molar-refractivity contribution in [3.8, 4) is 0 Å². The summed E-state index contributed by atoms with van der Waals surface area (Å²) in [6.45, 7) is 4.04. The molecule has 2 aromatic carbocycles. The zero-order chi connectivity index (χ0) is 18.8. The first-order chi connectivity index (χ1) is 13.2. The third-order valence-corrected chi connectivity index (χ3v) is 5.45. The number of rotatable bonds is 4. The number of esters is 1. The molecule has 0 fully saturated rings. The highest BCUT2D eigenvalue weighted by atomic mass is 79.9. The predicted octanol–water partition coefficient (Wildman–Crippen LogP) is 1.99. The van der Waals surface area contributed by atoms with Crippen molar-refractivity contribution in [1.82, 2.24) is 4.90 Å². The van der Waals surface area contributed by atoms with E-state index in [2.05, 4.69) is 22.4 Å². The van der Waals surface area contributed by atoms with Crippen LogP contribution in [0.4, 0.5) is 0 Å². The summed E-state index contributed by atoms with van der Waals surface area (Å²) in [5.41, 5.74) is 4.48. The van der Waals surface area contributed by atoms with Crippen molar-refractivity contribution in [3.63, 3.8) is 0 Å². The molecule has 0 spiro atoms. The van der Waals surface area contributed by atoms with Gasteiger partial charge < -0.3 is 26.6 Å². The standard InChI is InChI=1S/C22H20N2O2S.BrH/c1-3-26-21(25)19-15(2)23-22-24(20(19)17-12-8-5-9-13-17)18(14-27-22)16-10-6-4-7-11-16;/h4-14,20H,3H2,1-2H3;1H/p-1. The molecule has 0 saturated heterocycles. The molecular formula is C22H20BrN2O2S-. The smallest absolute Gasteiger partial charge is 0.338 e. The molecule has 0 aromatic heterocycles. The predicted molar refractivity (Wildman–Crippen MR) is 110 cm³/mol. The van der Waals surface area contributed by atoms with Gasteiger partial charge in [-0.25, -0.2) is 9.79 Å². The number of thioether (sulfide) groups is 1. The van der Waals surface area contributed by atoms with Gasteiger partial charge in [0.1, 0.15) is 0 Å². The van der Waals surface area contributed by atoms with Gasteiger partial charge in [-0.15, -0.1) is 0 Å². The van der Waals surface area contributed by atoms with Gasteiger partial charge in [0.05, 0.1) is 29.6 Å². The third-order valence-electron chi connectivity index (χ3n) is 4.61. The molecule has 0 bridgehead atoms. The second-order valence-corrected chi connectivity index (χ2v) is 7.12. The maximum atomic E-state index is 12.8. The monoisotopic (exact) mass is 455 g/mol. The number of halogens is 1. The summed E-state index contributed by atoms with van der Waals surface area (Å²) in [7, 11) is 0. The quantitative estimate of drug-likeness (QED) is 0.661. The van der Waals surface area contributed by atoms with E-state index in [1.54, 1.807) is 11.8 Å². The average Bonchev–Trinajstić information content (AvgIpc) is 3.11. The lowest BCUT2D eigenvalue weighted by Crippen LogP contribution is -3.00. The fraction of sp³-hybridized carbons (Fsp3) is 0.182. The highest BCUT2D eigenvalue weighted by Crippen LogP contribution is 2.46. The van der Waals surface area contributed by atoms with E-state index in [4.69, 9.17) is 9.73 Å². The number of benzene rings is 2. The lowest BCUT2D eigenvalue weighted by molar-refractivity contribution is -0.139. The largest absolute Gasteiger partial charge is 1.00 e. The Labute approximate surface area is 179 Å². The summed E-state index contributed by atoms with van der Waals surface area (Å²) in [5.74, 6) is -0.309. The number of carbonyl (C=O) groups is 1. The first kappa shape index (κ1) is 20.4. The van der Waals surface area contributed by atoms with Gasteiger partial charge in [-0.3, -0.25) is 0 Å². The van der Waals surface area contributed by atoms with Crippen molar-refractivity contribution in [2.24, 2.45) is 4.99 Å².